The Morgan fingerprint density at radius 3 is 2.27 bits per heavy atom. The van der Waals surface area contributed by atoms with Crippen LogP contribution in [0, 0.1) is 12.7 Å². The van der Waals surface area contributed by atoms with Crippen molar-refractivity contribution in [1.82, 2.24) is 40.8 Å². The fourth-order valence-corrected chi connectivity index (χ4v) is 8.25. The van der Waals surface area contributed by atoms with Crippen LogP contribution in [-0.4, -0.2) is 91.9 Å². The van der Waals surface area contributed by atoms with Gasteiger partial charge in [-0.3, -0.25) is 44.2 Å². The molecule has 2 fully saturated rings. The van der Waals surface area contributed by atoms with Crippen molar-refractivity contribution in [2.45, 2.75) is 65.1 Å². The molecule has 9 rings (SSSR count). The van der Waals surface area contributed by atoms with Gasteiger partial charge < -0.3 is 14.7 Å². The molecule has 2 aromatic heterocycles. The summed E-state index contributed by atoms with van der Waals surface area (Å²) in [7, 11) is 0. The van der Waals surface area contributed by atoms with E-state index in [1.165, 1.54) is 6.07 Å². The second kappa shape index (κ2) is 15.8. The summed E-state index contributed by atoms with van der Waals surface area (Å²) in [5.41, 5.74) is 7.76. The summed E-state index contributed by atoms with van der Waals surface area (Å²) >= 11 is 0. The highest BCUT2D eigenvalue weighted by Gasteiger charge is 2.45. The summed E-state index contributed by atoms with van der Waals surface area (Å²) in [6, 6.07) is 22.1. The average molecular weight is 838 g/mol. The van der Waals surface area contributed by atoms with Crippen LogP contribution in [-0.2, 0) is 28.1 Å². The summed E-state index contributed by atoms with van der Waals surface area (Å²) < 4.78 is 20.6. The Balaban J connectivity index is 0.822. The molecule has 5 amide bonds. The third kappa shape index (κ3) is 7.61. The summed E-state index contributed by atoms with van der Waals surface area (Å²) in [5.74, 6) is -3.15. The van der Waals surface area contributed by atoms with Gasteiger partial charge in [-0.15, -0.1) is 0 Å². The Hall–Kier alpha value is -7.07. The number of rotatable bonds is 9. The predicted octanol–water partition coefficient (Wildman–Crippen LogP) is 5.68. The van der Waals surface area contributed by atoms with Crippen LogP contribution in [0.2, 0.25) is 0 Å². The molecular weight excluding hydrogens is 794 g/mol. The van der Waals surface area contributed by atoms with Crippen LogP contribution in [0.15, 0.2) is 77.3 Å². The predicted molar refractivity (Wildman–Crippen MR) is 226 cm³/mol. The monoisotopic (exact) mass is 837 g/mol. The third-order valence-corrected chi connectivity index (χ3v) is 11.8. The first kappa shape index (κ1) is 40.3. The summed E-state index contributed by atoms with van der Waals surface area (Å²) in [6.45, 7) is 11.1. The first-order valence-electron chi connectivity index (χ1n) is 20.5. The van der Waals surface area contributed by atoms with Gasteiger partial charge in [-0.05, 0) is 78.1 Å². The Kier molecular flexibility index (Phi) is 10.3. The number of aryl methyl sites for hydroxylation is 1. The van der Waals surface area contributed by atoms with Crippen LogP contribution in [0.25, 0.3) is 33.3 Å². The number of amides is 5. The van der Waals surface area contributed by atoms with Crippen molar-refractivity contribution in [3.63, 3.8) is 0 Å². The van der Waals surface area contributed by atoms with E-state index in [4.69, 9.17) is 4.52 Å². The highest BCUT2D eigenvalue weighted by atomic mass is 19.1. The molecule has 0 spiro atoms. The highest BCUT2D eigenvalue weighted by molar-refractivity contribution is 6.23. The summed E-state index contributed by atoms with van der Waals surface area (Å²) in [5, 5.41) is 17.8. The number of H-pyrrole nitrogens is 1. The van der Waals surface area contributed by atoms with Crippen LogP contribution in [0.3, 0.4) is 0 Å². The number of hydrogen-bond donors (Lipinski definition) is 3. The second-order valence-corrected chi connectivity index (χ2v) is 17.1. The molecule has 4 aromatic carbocycles. The van der Waals surface area contributed by atoms with Crippen molar-refractivity contribution in [3.05, 3.63) is 118 Å². The minimum absolute atomic E-state index is 0.0108. The normalized spacial score (nSPS) is 17.2. The second-order valence-electron chi connectivity index (χ2n) is 17.1. The molecule has 16 heteroatoms. The Bertz CT molecular complexity index is 2800. The number of halogens is 1. The van der Waals surface area contributed by atoms with E-state index < -0.39 is 41.4 Å². The quantitative estimate of drug-likeness (QED) is 0.152. The molecule has 0 radical (unpaired) electrons. The van der Waals surface area contributed by atoms with E-state index in [2.05, 4.69) is 83.2 Å². The van der Waals surface area contributed by atoms with Gasteiger partial charge in [0.05, 0.1) is 22.3 Å². The van der Waals surface area contributed by atoms with Gasteiger partial charge in [-0.1, -0.05) is 56.3 Å². The maximum Gasteiger partial charge on any atom is 0.315 e. The van der Waals surface area contributed by atoms with Gasteiger partial charge in [-0.25, -0.2) is 4.39 Å². The fourth-order valence-electron chi connectivity index (χ4n) is 8.25. The number of hydrogen-bond acceptors (Lipinski definition) is 11. The van der Waals surface area contributed by atoms with E-state index in [0.29, 0.717) is 44.1 Å². The zero-order chi connectivity index (χ0) is 43.4. The van der Waals surface area contributed by atoms with E-state index in [9.17, 15) is 24.0 Å². The minimum Gasteiger partial charge on any atom is -0.369 e. The fraction of sp³-hybridized carbons (Fsp3) is 0.304. The molecule has 0 bridgehead atoms. The third-order valence-electron chi connectivity index (χ3n) is 11.8. The number of carbonyl (C=O) groups is 5. The number of nitrogens with one attached hydrogen (secondary N) is 3. The van der Waals surface area contributed by atoms with Gasteiger partial charge in [0.25, 0.3) is 11.8 Å². The summed E-state index contributed by atoms with van der Waals surface area (Å²) in [6.07, 6.45) is 0.0457. The van der Waals surface area contributed by atoms with Gasteiger partial charge >= 0.3 is 11.8 Å². The number of benzene rings is 4. The molecule has 0 saturated carbocycles. The van der Waals surface area contributed by atoms with Gasteiger partial charge in [0, 0.05) is 73.3 Å². The maximum atomic E-state index is 15.4. The zero-order valence-corrected chi connectivity index (χ0v) is 34.7. The van der Waals surface area contributed by atoms with Crippen LogP contribution < -0.4 is 15.5 Å². The molecule has 3 aliphatic rings. The topological polar surface area (TPSA) is 187 Å². The van der Waals surface area contributed by atoms with Crippen LogP contribution in [0.5, 0.6) is 0 Å². The van der Waals surface area contributed by atoms with Gasteiger partial charge in [0.15, 0.2) is 5.82 Å². The van der Waals surface area contributed by atoms with E-state index in [0.717, 1.165) is 61.1 Å². The minimum atomic E-state index is -1.11. The van der Waals surface area contributed by atoms with E-state index >= 15 is 4.39 Å². The Morgan fingerprint density at radius 2 is 1.58 bits per heavy atom. The molecule has 5 heterocycles. The molecule has 1 atom stereocenters. The number of piperazine rings is 1. The molecule has 2 saturated heterocycles. The number of carbonyl (C=O) groups excluding carboxylic acids is 5. The number of anilines is 1. The lowest BCUT2D eigenvalue weighted by Crippen LogP contribution is -2.54. The highest BCUT2D eigenvalue weighted by Crippen LogP contribution is 2.34. The number of imide groups is 2. The average Bonchev–Trinajstić information content (AvgIpc) is 3.98. The number of aromatic amines is 1. The largest absolute Gasteiger partial charge is 0.369 e. The standard InChI is InChI=1S/C46H44FN9O6/c1-25-19-28(5-6-29(25)23-48-41(59)42-50-45(53-62-42)46(2,3)4)39-34-20-27(9-12-36(34)51-52-39)26-7-10-31(11-8-26)55-17-15-54(16-18-55)24-30-21-32-33(22-35(30)47)44(61)56(43(32)60)37-13-14-38(57)49-40(37)58/h5-12,19-22,37H,13-18,23-24H2,1-4H3,(H,48,59)(H,51,52)(H,49,57,58). The maximum absolute atomic E-state index is 15.4. The SMILES string of the molecule is Cc1cc(-c2n[nH]c3ccc(-c4ccc(N5CCN(Cc6cc7c(cc6F)C(=O)N(C6CCC(=O)NC6=O)C7=O)CC5)cc4)cc23)ccc1CNC(=O)c1nc(C(C)(C)C)no1. The van der Waals surface area contributed by atoms with E-state index in [1.54, 1.807) is 0 Å². The molecule has 1 unspecified atom stereocenters. The molecule has 15 nitrogen and oxygen atoms in total. The van der Waals surface area contributed by atoms with E-state index in [-0.39, 0.29) is 41.8 Å². The van der Waals surface area contributed by atoms with Gasteiger partial charge in [0.2, 0.25) is 11.8 Å². The molecular formula is C46H44FN9O6. The molecule has 62 heavy (non-hydrogen) atoms. The Morgan fingerprint density at radius 1 is 0.871 bits per heavy atom. The molecule has 316 valence electrons. The van der Waals surface area contributed by atoms with Crippen molar-refractivity contribution in [2.75, 3.05) is 31.1 Å². The smallest absolute Gasteiger partial charge is 0.315 e. The van der Waals surface area contributed by atoms with Crippen molar-refractivity contribution in [3.8, 4) is 22.4 Å². The van der Waals surface area contributed by atoms with Crippen LogP contribution in [0.1, 0.15) is 87.5 Å². The number of fused-ring (bicyclic) bond motifs is 2. The lowest BCUT2D eigenvalue weighted by atomic mass is 9.96. The van der Waals surface area contributed by atoms with Crippen molar-refractivity contribution in [1.29, 1.82) is 0 Å². The van der Waals surface area contributed by atoms with Crippen molar-refractivity contribution >= 4 is 46.1 Å². The van der Waals surface area contributed by atoms with Crippen LogP contribution in [0.4, 0.5) is 10.1 Å². The number of nitrogens with zero attached hydrogens (tertiary/aromatic N) is 6. The van der Waals surface area contributed by atoms with Crippen LogP contribution >= 0.6 is 0 Å². The van der Waals surface area contributed by atoms with Crippen molar-refractivity contribution < 1.29 is 32.9 Å². The van der Waals surface area contributed by atoms with Crippen molar-refractivity contribution in [2.24, 2.45) is 0 Å². The number of aromatic nitrogens is 4. The Labute approximate surface area is 355 Å². The van der Waals surface area contributed by atoms with Gasteiger partial charge in [0.1, 0.15) is 11.9 Å². The van der Waals surface area contributed by atoms with E-state index in [1.807, 2.05) is 45.9 Å². The number of piperidine rings is 1. The lowest BCUT2D eigenvalue weighted by molar-refractivity contribution is -0.136. The molecule has 0 aliphatic carbocycles. The molecule has 6 aromatic rings. The molecule has 3 N–H and O–H groups in total. The zero-order valence-electron chi connectivity index (χ0n) is 34.7. The summed E-state index contributed by atoms with van der Waals surface area (Å²) in [4.78, 5) is 72.7. The first-order valence-corrected chi connectivity index (χ1v) is 20.5. The molecule has 3 aliphatic heterocycles. The van der Waals surface area contributed by atoms with Gasteiger partial charge in [-0.2, -0.15) is 10.1 Å². The lowest BCUT2D eigenvalue weighted by Gasteiger charge is -2.36. The first-order chi connectivity index (χ1) is 29.7.